The van der Waals surface area contributed by atoms with Gasteiger partial charge in [0.2, 0.25) is 5.91 Å². The van der Waals surface area contributed by atoms with Gasteiger partial charge in [0.1, 0.15) is 6.54 Å². The van der Waals surface area contributed by atoms with E-state index in [0.717, 1.165) is 10.1 Å². The van der Waals surface area contributed by atoms with E-state index in [4.69, 9.17) is 23.2 Å². The number of pyridine rings is 1. The Morgan fingerprint density at radius 2 is 1.88 bits per heavy atom. The molecule has 0 spiro atoms. The fourth-order valence-electron chi connectivity index (χ4n) is 3.33. The van der Waals surface area contributed by atoms with Crippen LogP contribution in [0.2, 0.25) is 10.0 Å². The topological polar surface area (TPSA) is 86.0 Å². The largest absolute Gasteiger partial charge is 0.349 e. The molecule has 2 aromatic heterocycles. The first-order valence-electron chi connectivity index (χ1n) is 9.73. The molecule has 162 valence electrons. The van der Waals surface area contributed by atoms with Gasteiger partial charge in [-0.1, -0.05) is 35.3 Å². The summed E-state index contributed by atoms with van der Waals surface area (Å²) >= 11 is 12.3. The van der Waals surface area contributed by atoms with Gasteiger partial charge in [-0.25, -0.2) is 9.36 Å². The molecular formula is C23H18Cl2N4O3. The third kappa shape index (κ3) is 4.30. The summed E-state index contributed by atoms with van der Waals surface area (Å²) in [4.78, 5) is 43.3. The van der Waals surface area contributed by atoms with Crippen LogP contribution in [-0.4, -0.2) is 20.0 Å². The van der Waals surface area contributed by atoms with E-state index >= 15 is 0 Å². The summed E-state index contributed by atoms with van der Waals surface area (Å²) < 4.78 is 2.23. The molecule has 4 rings (SSSR count). The minimum absolute atomic E-state index is 0.209. The summed E-state index contributed by atoms with van der Waals surface area (Å²) in [5.74, 6) is -0.411. The Morgan fingerprint density at radius 3 is 2.59 bits per heavy atom. The van der Waals surface area contributed by atoms with Crippen LogP contribution in [0.3, 0.4) is 0 Å². The molecule has 9 heteroatoms. The molecule has 0 radical (unpaired) electrons. The lowest BCUT2D eigenvalue weighted by molar-refractivity contribution is -0.121. The first-order valence-corrected chi connectivity index (χ1v) is 10.5. The highest BCUT2D eigenvalue weighted by Crippen LogP contribution is 2.20. The highest BCUT2D eigenvalue weighted by molar-refractivity contribution is 6.31. The molecule has 2 aromatic carbocycles. The lowest BCUT2D eigenvalue weighted by Gasteiger charge is -2.15. The molecule has 0 bridgehead atoms. The van der Waals surface area contributed by atoms with Crippen molar-refractivity contribution < 1.29 is 4.79 Å². The third-order valence-electron chi connectivity index (χ3n) is 5.01. The first-order chi connectivity index (χ1) is 15.3. The maximum atomic E-state index is 13.4. The minimum atomic E-state index is -0.669. The Morgan fingerprint density at radius 1 is 1.06 bits per heavy atom. The van der Waals surface area contributed by atoms with E-state index in [1.807, 2.05) is 13.0 Å². The molecule has 7 nitrogen and oxygen atoms in total. The first kappa shape index (κ1) is 21.8. The zero-order valence-corrected chi connectivity index (χ0v) is 18.5. The van der Waals surface area contributed by atoms with Gasteiger partial charge < -0.3 is 5.32 Å². The minimum Gasteiger partial charge on any atom is -0.349 e. The molecule has 0 aliphatic heterocycles. The Balaban J connectivity index is 1.80. The third-order valence-corrected chi connectivity index (χ3v) is 5.66. The van der Waals surface area contributed by atoms with E-state index in [9.17, 15) is 14.4 Å². The summed E-state index contributed by atoms with van der Waals surface area (Å²) in [6, 6.07) is 14.9. The van der Waals surface area contributed by atoms with Gasteiger partial charge in [0.25, 0.3) is 5.56 Å². The number of benzene rings is 2. The number of nitrogens with one attached hydrogen (secondary N) is 1. The predicted molar refractivity (Wildman–Crippen MR) is 125 cm³/mol. The monoisotopic (exact) mass is 468 g/mol. The molecule has 32 heavy (non-hydrogen) atoms. The fourth-order valence-corrected chi connectivity index (χ4v) is 3.67. The Kier molecular flexibility index (Phi) is 6.12. The van der Waals surface area contributed by atoms with Crippen LogP contribution >= 0.6 is 23.2 Å². The molecule has 0 saturated carbocycles. The smallest absolute Gasteiger partial charge is 0.336 e. The van der Waals surface area contributed by atoms with Crippen molar-refractivity contribution in [2.45, 2.75) is 20.0 Å². The maximum absolute atomic E-state index is 13.4. The van der Waals surface area contributed by atoms with Crippen LogP contribution in [0.15, 0.2) is 70.4 Å². The van der Waals surface area contributed by atoms with Gasteiger partial charge in [-0.05, 0) is 55.0 Å². The Labute approximate surface area is 192 Å². The standard InChI is InChI=1S/C23H18Cl2N4O3/c1-14-5-7-17(11-19(14)25)29-22(31)18-8-6-15(24)10-20(18)28(23(29)32)13-21(30)27-12-16-4-2-3-9-26-16/h2-11H,12-13H2,1H3,(H,27,30). The maximum Gasteiger partial charge on any atom is 0.336 e. The number of carbonyl (C=O) groups excluding carboxylic acids is 1. The van der Waals surface area contributed by atoms with E-state index in [0.29, 0.717) is 21.4 Å². The summed E-state index contributed by atoms with van der Waals surface area (Å²) in [5.41, 5.74) is 0.889. The van der Waals surface area contributed by atoms with Crippen molar-refractivity contribution in [1.29, 1.82) is 0 Å². The summed E-state index contributed by atoms with van der Waals surface area (Å²) in [6.45, 7) is 1.73. The molecule has 0 saturated heterocycles. The van der Waals surface area contributed by atoms with Crippen molar-refractivity contribution >= 4 is 40.0 Å². The van der Waals surface area contributed by atoms with Crippen LogP contribution in [0, 0.1) is 6.92 Å². The predicted octanol–water partition coefficient (Wildman–Crippen LogP) is 3.48. The molecule has 0 aliphatic rings. The van der Waals surface area contributed by atoms with E-state index in [-0.39, 0.29) is 24.0 Å². The highest BCUT2D eigenvalue weighted by atomic mass is 35.5. The molecule has 0 atom stereocenters. The number of carbonyl (C=O) groups is 1. The van der Waals surface area contributed by atoms with Crippen molar-refractivity contribution in [3.05, 3.63) is 103 Å². The van der Waals surface area contributed by atoms with Gasteiger partial charge in [0, 0.05) is 16.2 Å². The van der Waals surface area contributed by atoms with E-state index < -0.39 is 17.2 Å². The van der Waals surface area contributed by atoms with E-state index in [2.05, 4.69) is 10.3 Å². The van der Waals surface area contributed by atoms with Gasteiger partial charge >= 0.3 is 5.69 Å². The number of nitrogens with zero attached hydrogens (tertiary/aromatic N) is 3. The van der Waals surface area contributed by atoms with Gasteiger partial charge in [-0.2, -0.15) is 0 Å². The number of rotatable bonds is 5. The number of hydrogen-bond donors (Lipinski definition) is 1. The number of halogens is 2. The SMILES string of the molecule is Cc1ccc(-n2c(=O)c3ccc(Cl)cc3n(CC(=O)NCc3ccccn3)c2=O)cc1Cl. The normalized spacial score (nSPS) is 11.0. The second-order valence-electron chi connectivity index (χ2n) is 7.20. The molecular weight excluding hydrogens is 451 g/mol. The number of amides is 1. The van der Waals surface area contributed by atoms with Crippen LogP contribution in [0.4, 0.5) is 0 Å². The van der Waals surface area contributed by atoms with Crippen molar-refractivity contribution in [2.24, 2.45) is 0 Å². The van der Waals surface area contributed by atoms with E-state index in [1.54, 1.807) is 42.6 Å². The van der Waals surface area contributed by atoms with Crippen LogP contribution < -0.4 is 16.6 Å². The van der Waals surface area contributed by atoms with Crippen molar-refractivity contribution in [1.82, 2.24) is 19.4 Å². The van der Waals surface area contributed by atoms with Gasteiger partial charge in [0.05, 0.1) is 28.8 Å². The second-order valence-corrected chi connectivity index (χ2v) is 8.05. The number of aromatic nitrogens is 3. The summed E-state index contributed by atoms with van der Waals surface area (Å²) in [5, 5.41) is 3.76. The highest BCUT2D eigenvalue weighted by Gasteiger charge is 2.17. The van der Waals surface area contributed by atoms with Crippen LogP contribution in [-0.2, 0) is 17.9 Å². The zero-order chi connectivity index (χ0) is 22.8. The van der Waals surface area contributed by atoms with Crippen LogP contribution in [0.25, 0.3) is 16.6 Å². The van der Waals surface area contributed by atoms with E-state index in [1.165, 1.54) is 16.7 Å². The molecule has 4 aromatic rings. The van der Waals surface area contributed by atoms with Crippen LogP contribution in [0.1, 0.15) is 11.3 Å². The number of aryl methyl sites for hydroxylation is 1. The average Bonchev–Trinajstić information content (AvgIpc) is 2.78. The number of hydrogen-bond acceptors (Lipinski definition) is 4. The summed E-state index contributed by atoms with van der Waals surface area (Å²) in [7, 11) is 0. The molecule has 0 unspecified atom stereocenters. The summed E-state index contributed by atoms with van der Waals surface area (Å²) in [6.07, 6.45) is 1.63. The molecule has 1 amide bonds. The van der Waals surface area contributed by atoms with Gasteiger partial charge in [-0.3, -0.25) is 19.1 Å². The molecule has 0 aliphatic carbocycles. The Hall–Kier alpha value is -3.42. The average molecular weight is 469 g/mol. The van der Waals surface area contributed by atoms with Crippen molar-refractivity contribution in [2.75, 3.05) is 0 Å². The van der Waals surface area contributed by atoms with Crippen LogP contribution in [0.5, 0.6) is 0 Å². The van der Waals surface area contributed by atoms with Gasteiger partial charge in [-0.15, -0.1) is 0 Å². The lowest BCUT2D eigenvalue weighted by atomic mass is 10.2. The molecule has 0 fully saturated rings. The second kappa shape index (κ2) is 8.98. The fraction of sp³-hybridized carbons (Fsp3) is 0.130. The molecule has 1 N–H and O–H groups in total. The quantitative estimate of drug-likeness (QED) is 0.485. The van der Waals surface area contributed by atoms with Gasteiger partial charge in [0.15, 0.2) is 0 Å². The van der Waals surface area contributed by atoms with Crippen molar-refractivity contribution in [3.63, 3.8) is 0 Å². The lowest BCUT2D eigenvalue weighted by Crippen LogP contribution is -2.41. The number of fused-ring (bicyclic) bond motifs is 1. The zero-order valence-electron chi connectivity index (χ0n) is 17.0. The molecule has 2 heterocycles. The Bertz CT molecular complexity index is 1450. The van der Waals surface area contributed by atoms with Crippen molar-refractivity contribution in [3.8, 4) is 5.69 Å².